The Hall–Kier alpha value is -2.15. The average Bonchev–Trinajstić information content (AvgIpc) is 2.82. The normalized spacial score (nSPS) is 9.94. The lowest BCUT2D eigenvalue weighted by Crippen LogP contribution is -2.14. The van der Waals surface area contributed by atoms with E-state index < -0.39 is 0 Å². The van der Waals surface area contributed by atoms with Crippen molar-refractivity contribution >= 4 is 28.1 Å². The van der Waals surface area contributed by atoms with Crippen molar-refractivity contribution < 1.29 is 9.53 Å². The average molecular weight is 250 g/mol. The number of nitrogens with zero attached hydrogens (tertiary/aromatic N) is 2. The zero-order chi connectivity index (χ0) is 12.3. The molecule has 0 saturated carbocycles. The van der Waals surface area contributed by atoms with E-state index in [9.17, 15) is 4.79 Å². The minimum atomic E-state index is -0.335. The number of carbonyl (C=O) groups excluding carboxylic acids is 1. The Morgan fingerprint density at radius 3 is 3.00 bits per heavy atom. The van der Waals surface area contributed by atoms with Crippen molar-refractivity contribution in [1.82, 2.24) is 10.2 Å². The van der Waals surface area contributed by atoms with Crippen LogP contribution in [0.5, 0.6) is 5.75 Å². The second kappa shape index (κ2) is 4.79. The second-order valence-corrected chi connectivity index (χ2v) is 3.98. The third-order valence-electron chi connectivity index (χ3n) is 2.09. The summed E-state index contributed by atoms with van der Waals surface area (Å²) in [6.07, 6.45) is 0. The molecule has 1 amide bonds. The minimum Gasteiger partial charge on any atom is -0.497 e. The molecule has 0 aliphatic rings. The first-order valence-corrected chi connectivity index (χ1v) is 5.59. The number of ether oxygens (including phenoxy) is 1. The number of rotatable bonds is 3. The van der Waals surface area contributed by atoms with E-state index in [0.29, 0.717) is 22.1 Å². The Bertz CT molecular complexity index is 527. The molecule has 0 unspecified atom stereocenters. The Kier molecular flexibility index (Phi) is 3.20. The number of anilines is 2. The van der Waals surface area contributed by atoms with Crippen molar-refractivity contribution in [2.75, 3.05) is 18.2 Å². The molecule has 0 aliphatic heterocycles. The van der Waals surface area contributed by atoms with Gasteiger partial charge in [0.15, 0.2) is 0 Å². The number of amides is 1. The van der Waals surface area contributed by atoms with E-state index in [1.54, 1.807) is 18.2 Å². The van der Waals surface area contributed by atoms with Crippen LogP contribution in [-0.2, 0) is 0 Å². The van der Waals surface area contributed by atoms with Crippen LogP contribution in [0, 0.1) is 0 Å². The molecule has 6 nitrogen and oxygen atoms in total. The second-order valence-electron chi connectivity index (χ2n) is 3.15. The number of hydrogen-bond acceptors (Lipinski definition) is 6. The van der Waals surface area contributed by atoms with Crippen LogP contribution in [0.3, 0.4) is 0 Å². The minimum absolute atomic E-state index is 0.335. The first-order valence-electron chi connectivity index (χ1n) is 4.71. The molecule has 0 spiro atoms. The lowest BCUT2D eigenvalue weighted by Gasteiger charge is -2.07. The van der Waals surface area contributed by atoms with Crippen molar-refractivity contribution in [1.29, 1.82) is 0 Å². The molecule has 17 heavy (non-hydrogen) atoms. The molecule has 1 heterocycles. The Morgan fingerprint density at radius 2 is 2.35 bits per heavy atom. The summed E-state index contributed by atoms with van der Waals surface area (Å²) < 4.78 is 5.03. The zero-order valence-electron chi connectivity index (χ0n) is 9.01. The van der Waals surface area contributed by atoms with E-state index >= 15 is 0 Å². The van der Waals surface area contributed by atoms with Gasteiger partial charge in [0.2, 0.25) is 5.13 Å². The van der Waals surface area contributed by atoms with Gasteiger partial charge < -0.3 is 10.5 Å². The molecule has 2 rings (SSSR count). The quantitative estimate of drug-likeness (QED) is 0.803. The summed E-state index contributed by atoms with van der Waals surface area (Å²) in [4.78, 5) is 11.9. The number of nitrogens with one attached hydrogen (secondary N) is 1. The highest BCUT2D eigenvalue weighted by Crippen LogP contribution is 2.21. The largest absolute Gasteiger partial charge is 0.497 e. The van der Waals surface area contributed by atoms with Crippen LogP contribution >= 0.6 is 11.3 Å². The summed E-state index contributed by atoms with van der Waals surface area (Å²) in [5.74, 6) is 0.236. The van der Waals surface area contributed by atoms with Gasteiger partial charge in [0.25, 0.3) is 5.91 Å². The lowest BCUT2D eigenvalue weighted by atomic mass is 10.1. The van der Waals surface area contributed by atoms with Crippen LogP contribution in [0.25, 0.3) is 0 Å². The maximum absolute atomic E-state index is 11.9. The fraction of sp³-hybridized carbons (Fsp3) is 0.100. The number of hydrogen-bond donors (Lipinski definition) is 2. The molecular weight excluding hydrogens is 240 g/mol. The summed E-state index contributed by atoms with van der Waals surface area (Å²) in [5, 5.41) is 10.4. The number of nitrogens with two attached hydrogens (primary N) is 1. The number of benzene rings is 1. The molecule has 1 aromatic carbocycles. The molecule has 2 aromatic rings. The molecule has 88 valence electrons. The maximum Gasteiger partial charge on any atom is 0.259 e. The zero-order valence-corrected chi connectivity index (χ0v) is 9.82. The van der Waals surface area contributed by atoms with E-state index in [4.69, 9.17) is 10.5 Å². The van der Waals surface area contributed by atoms with Crippen LogP contribution in [0.2, 0.25) is 0 Å². The van der Waals surface area contributed by atoms with Crippen molar-refractivity contribution in [2.45, 2.75) is 0 Å². The number of aromatic nitrogens is 2. The summed E-state index contributed by atoms with van der Waals surface area (Å²) >= 11 is 1.24. The van der Waals surface area contributed by atoms with Gasteiger partial charge in [0.05, 0.1) is 12.7 Å². The molecule has 0 atom stereocenters. The highest BCUT2D eigenvalue weighted by Gasteiger charge is 2.12. The monoisotopic (exact) mass is 250 g/mol. The summed E-state index contributed by atoms with van der Waals surface area (Å²) in [6, 6.07) is 4.89. The molecule has 0 aliphatic carbocycles. The van der Waals surface area contributed by atoms with Crippen molar-refractivity contribution in [3.8, 4) is 5.75 Å². The smallest absolute Gasteiger partial charge is 0.259 e. The first-order chi connectivity index (χ1) is 8.20. The van der Waals surface area contributed by atoms with Gasteiger partial charge in [0, 0.05) is 5.69 Å². The van der Waals surface area contributed by atoms with Crippen LogP contribution < -0.4 is 15.8 Å². The Morgan fingerprint density at radius 1 is 1.53 bits per heavy atom. The van der Waals surface area contributed by atoms with E-state index in [1.807, 2.05) is 0 Å². The molecule has 0 bridgehead atoms. The van der Waals surface area contributed by atoms with Gasteiger partial charge in [0.1, 0.15) is 11.3 Å². The van der Waals surface area contributed by atoms with Gasteiger partial charge >= 0.3 is 0 Å². The number of methoxy groups -OCH3 is 1. The summed E-state index contributed by atoms with van der Waals surface area (Å²) in [7, 11) is 1.53. The van der Waals surface area contributed by atoms with Crippen molar-refractivity contribution in [2.24, 2.45) is 0 Å². The van der Waals surface area contributed by atoms with Crippen LogP contribution in [0.15, 0.2) is 23.7 Å². The van der Waals surface area contributed by atoms with Gasteiger partial charge in [-0.25, -0.2) is 0 Å². The number of nitrogen functional groups attached to an aromatic ring is 1. The van der Waals surface area contributed by atoms with E-state index in [0.717, 1.165) is 0 Å². The van der Waals surface area contributed by atoms with E-state index in [2.05, 4.69) is 15.5 Å². The molecule has 7 heteroatoms. The van der Waals surface area contributed by atoms with Gasteiger partial charge in [-0.05, 0) is 18.2 Å². The third-order valence-corrected chi connectivity index (χ3v) is 2.69. The lowest BCUT2D eigenvalue weighted by molar-refractivity contribution is 0.102. The van der Waals surface area contributed by atoms with E-state index in [1.165, 1.54) is 24.0 Å². The first kappa shape index (κ1) is 11.3. The van der Waals surface area contributed by atoms with Crippen LogP contribution in [-0.4, -0.2) is 23.2 Å². The Labute approximate surface area is 101 Å². The fourth-order valence-corrected chi connectivity index (χ4v) is 1.69. The van der Waals surface area contributed by atoms with Crippen LogP contribution in [0.1, 0.15) is 10.4 Å². The van der Waals surface area contributed by atoms with Gasteiger partial charge in [-0.1, -0.05) is 11.3 Å². The Balaban J connectivity index is 2.24. The molecular formula is C10H10N4O2S. The molecule has 0 radical (unpaired) electrons. The maximum atomic E-state index is 11.9. The fourth-order valence-electron chi connectivity index (χ4n) is 1.25. The number of carbonyl (C=O) groups is 1. The SMILES string of the molecule is COc1ccc(N)c(C(=O)Nc2nncs2)c1. The molecule has 1 aromatic heterocycles. The molecule has 0 saturated heterocycles. The molecule has 3 N–H and O–H groups in total. The van der Waals surface area contributed by atoms with Crippen molar-refractivity contribution in [3.63, 3.8) is 0 Å². The van der Waals surface area contributed by atoms with Gasteiger partial charge in [-0.15, -0.1) is 10.2 Å². The van der Waals surface area contributed by atoms with Gasteiger partial charge in [-0.3, -0.25) is 10.1 Å². The predicted molar refractivity (Wildman–Crippen MR) is 65.3 cm³/mol. The van der Waals surface area contributed by atoms with Gasteiger partial charge in [-0.2, -0.15) is 0 Å². The van der Waals surface area contributed by atoms with Crippen LogP contribution in [0.4, 0.5) is 10.8 Å². The predicted octanol–water partition coefficient (Wildman–Crippen LogP) is 1.38. The van der Waals surface area contributed by atoms with E-state index in [-0.39, 0.29) is 5.91 Å². The topological polar surface area (TPSA) is 90.1 Å². The highest BCUT2D eigenvalue weighted by atomic mass is 32.1. The summed E-state index contributed by atoms with van der Waals surface area (Å²) in [5.41, 5.74) is 7.99. The van der Waals surface area contributed by atoms with Crippen molar-refractivity contribution in [3.05, 3.63) is 29.3 Å². The standard InChI is InChI=1S/C10H10N4O2S/c1-16-6-2-3-8(11)7(4-6)9(15)13-10-14-12-5-17-10/h2-5H,11H2,1H3,(H,13,14,15). The molecule has 0 fully saturated rings. The highest BCUT2D eigenvalue weighted by molar-refractivity contribution is 7.13. The third kappa shape index (κ3) is 2.51. The summed E-state index contributed by atoms with van der Waals surface area (Å²) in [6.45, 7) is 0.